The minimum Gasteiger partial charge on any atom is -0.452 e. The largest absolute Gasteiger partial charge is 0.452 e. The zero-order valence-electron chi connectivity index (χ0n) is 15.6. The average molecular weight is 344 g/mol. The van der Waals surface area contributed by atoms with Crippen LogP contribution in [0.15, 0.2) is 11.8 Å². The van der Waals surface area contributed by atoms with Gasteiger partial charge in [0.2, 0.25) is 8.32 Å². The number of hydrogen-bond donors (Lipinski definition) is 1. The first-order valence-electron chi connectivity index (χ1n) is 8.55. The summed E-state index contributed by atoms with van der Waals surface area (Å²) in [5.41, 5.74) is 2.10. The molecule has 0 aromatic heterocycles. The molecule has 5 nitrogen and oxygen atoms in total. The molecule has 134 valence electrons. The van der Waals surface area contributed by atoms with Gasteiger partial charge in [-0.1, -0.05) is 41.5 Å². The molecule has 0 aromatic rings. The van der Waals surface area contributed by atoms with Crippen LogP contribution in [0.25, 0.3) is 0 Å². The molecule has 0 saturated heterocycles. The molecule has 0 aromatic carbocycles. The first-order valence-corrected chi connectivity index (χ1v) is 10.7. The molecule has 1 aliphatic rings. The molecule has 0 radical (unpaired) electrons. The quantitative estimate of drug-likeness (QED) is 0.743. The van der Waals surface area contributed by atoms with Crippen LogP contribution in [0.3, 0.4) is 0 Å². The van der Waals surface area contributed by atoms with E-state index in [2.05, 4.69) is 41.5 Å². The number of amides is 1. The summed E-state index contributed by atoms with van der Waals surface area (Å²) in [5, 5.41) is 9.59. The normalized spacial score (nSPS) is 19.5. The SMILES string of the molecule is COC(=O)N1CC[C@H](O[Si](C(C)C)(C(C)C)C(C)C)C=C1CO. The van der Waals surface area contributed by atoms with Crippen molar-refractivity contribution in [3.63, 3.8) is 0 Å². The van der Waals surface area contributed by atoms with E-state index in [1.807, 2.05) is 6.08 Å². The summed E-state index contributed by atoms with van der Waals surface area (Å²) in [6, 6.07) is 0. The maximum Gasteiger partial charge on any atom is 0.413 e. The fourth-order valence-corrected chi connectivity index (χ4v) is 9.53. The first kappa shape index (κ1) is 20.2. The third-order valence-corrected chi connectivity index (χ3v) is 11.1. The molecule has 1 heterocycles. The van der Waals surface area contributed by atoms with Gasteiger partial charge in [-0.2, -0.15) is 0 Å². The zero-order valence-corrected chi connectivity index (χ0v) is 16.6. The fourth-order valence-electron chi connectivity index (χ4n) is 4.01. The second-order valence-corrected chi connectivity index (χ2v) is 12.6. The van der Waals surface area contributed by atoms with Crippen molar-refractivity contribution in [2.24, 2.45) is 0 Å². The minimum atomic E-state index is -1.98. The van der Waals surface area contributed by atoms with Crippen LogP contribution >= 0.6 is 0 Å². The van der Waals surface area contributed by atoms with Gasteiger partial charge in [-0.3, -0.25) is 4.90 Å². The Hall–Kier alpha value is -0.853. The zero-order chi connectivity index (χ0) is 17.8. The summed E-state index contributed by atoms with van der Waals surface area (Å²) >= 11 is 0. The summed E-state index contributed by atoms with van der Waals surface area (Å²) in [7, 11) is -0.620. The lowest BCUT2D eigenvalue weighted by atomic mass is 10.1. The molecule has 6 heteroatoms. The van der Waals surface area contributed by atoms with Gasteiger partial charge in [-0.05, 0) is 29.1 Å². The third kappa shape index (κ3) is 4.16. The number of rotatable bonds is 6. The second-order valence-electron chi connectivity index (χ2n) is 7.20. The van der Waals surface area contributed by atoms with Crippen molar-refractivity contribution in [3.05, 3.63) is 11.8 Å². The molecule has 0 saturated carbocycles. The molecule has 1 rings (SSSR count). The van der Waals surface area contributed by atoms with E-state index in [0.29, 0.717) is 28.9 Å². The van der Waals surface area contributed by atoms with Crippen LogP contribution in [0.5, 0.6) is 0 Å². The molecule has 1 N–H and O–H groups in total. The van der Waals surface area contributed by atoms with Crippen LogP contribution in [-0.4, -0.2) is 50.8 Å². The van der Waals surface area contributed by atoms with Gasteiger partial charge in [0.15, 0.2) is 0 Å². The van der Waals surface area contributed by atoms with Gasteiger partial charge in [-0.25, -0.2) is 4.79 Å². The van der Waals surface area contributed by atoms with Crippen molar-refractivity contribution in [3.8, 4) is 0 Å². The van der Waals surface area contributed by atoms with Gasteiger partial charge in [0.25, 0.3) is 0 Å². The molecule has 23 heavy (non-hydrogen) atoms. The van der Waals surface area contributed by atoms with Crippen LogP contribution in [0.2, 0.25) is 16.6 Å². The Balaban J connectivity index is 3.05. The van der Waals surface area contributed by atoms with Gasteiger partial charge in [0.05, 0.1) is 19.8 Å². The highest BCUT2D eigenvalue weighted by molar-refractivity contribution is 6.77. The highest BCUT2D eigenvalue weighted by Crippen LogP contribution is 2.43. The molecule has 0 unspecified atom stereocenters. The van der Waals surface area contributed by atoms with E-state index in [4.69, 9.17) is 9.16 Å². The number of aliphatic hydroxyl groups excluding tert-OH is 1. The summed E-state index contributed by atoms with van der Waals surface area (Å²) in [4.78, 5) is 13.3. The molecule has 1 amide bonds. The number of hydrogen-bond acceptors (Lipinski definition) is 4. The van der Waals surface area contributed by atoms with Crippen LogP contribution < -0.4 is 0 Å². The standard InChI is InChI=1S/C17H33NO4Si/c1-12(2)23(13(3)4,14(5)6)22-16-8-9-18(17(20)21-7)15(10-16)11-19/h10,12-14,16,19H,8-9,11H2,1-7H3/t16-/m0/s1. The van der Waals surface area contributed by atoms with Gasteiger partial charge in [0, 0.05) is 12.2 Å². The lowest BCUT2D eigenvalue weighted by Gasteiger charge is -2.45. The average Bonchev–Trinajstić information content (AvgIpc) is 2.50. The van der Waals surface area contributed by atoms with E-state index < -0.39 is 14.4 Å². The predicted octanol–water partition coefficient (Wildman–Crippen LogP) is 3.90. The topological polar surface area (TPSA) is 59.0 Å². The summed E-state index contributed by atoms with van der Waals surface area (Å²) in [5.74, 6) is 0. The highest BCUT2D eigenvalue weighted by atomic mass is 28.4. The maximum absolute atomic E-state index is 11.8. The molecule has 0 bridgehead atoms. The lowest BCUT2D eigenvalue weighted by Crippen LogP contribution is -2.51. The van der Waals surface area contributed by atoms with Crippen molar-refractivity contribution < 1.29 is 19.1 Å². The lowest BCUT2D eigenvalue weighted by molar-refractivity contribution is 0.111. The summed E-state index contributed by atoms with van der Waals surface area (Å²) < 4.78 is 11.5. The smallest absolute Gasteiger partial charge is 0.413 e. The Morgan fingerprint density at radius 2 is 1.78 bits per heavy atom. The third-order valence-electron chi connectivity index (χ3n) is 4.98. The van der Waals surface area contributed by atoms with Crippen LogP contribution in [0.1, 0.15) is 48.0 Å². The van der Waals surface area contributed by atoms with E-state index in [1.165, 1.54) is 12.0 Å². The number of carbonyl (C=O) groups excluding carboxylic acids is 1. The molecule has 0 fully saturated rings. The van der Waals surface area contributed by atoms with E-state index in [0.717, 1.165) is 6.42 Å². The highest BCUT2D eigenvalue weighted by Gasteiger charge is 2.46. The van der Waals surface area contributed by atoms with E-state index in [9.17, 15) is 9.90 Å². The van der Waals surface area contributed by atoms with Gasteiger partial charge < -0.3 is 14.3 Å². The van der Waals surface area contributed by atoms with Gasteiger partial charge in [0.1, 0.15) is 0 Å². The molecule has 0 aliphatic carbocycles. The van der Waals surface area contributed by atoms with Crippen molar-refractivity contribution in [1.29, 1.82) is 0 Å². The minimum absolute atomic E-state index is 0.0445. The Labute approximate surface area is 141 Å². The predicted molar refractivity (Wildman–Crippen MR) is 94.8 cm³/mol. The van der Waals surface area contributed by atoms with E-state index >= 15 is 0 Å². The second kappa shape index (κ2) is 8.31. The Bertz CT molecular complexity index is 413. The Morgan fingerprint density at radius 1 is 1.26 bits per heavy atom. The molecule has 1 aliphatic heterocycles. The van der Waals surface area contributed by atoms with Crippen molar-refractivity contribution in [2.45, 2.75) is 70.7 Å². The number of aliphatic hydroxyl groups is 1. The molecular formula is C17H33NO4Si. The van der Waals surface area contributed by atoms with Gasteiger partial charge >= 0.3 is 6.09 Å². The summed E-state index contributed by atoms with van der Waals surface area (Å²) in [6.07, 6.45) is 2.16. The van der Waals surface area contributed by atoms with Gasteiger partial charge in [-0.15, -0.1) is 0 Å². The molecular weight excluding hydrogens is 310 g/mol. The first-order chi connectivity index (χ1) is 10.7. The molecule has 0 spiro atoms. The number of carbonyl (C=O) groups is 1. The number of methoxy groups -OCH3 is 1. The fraction of sp³-hybridized carbons (Fsp3) is 0.824. The van der Waals surface area contributed by atoms with Crippen LogP contribution in [0, 0.1) is 0 Å². The van der Waals surface area contributed by atoms with Crippen molar-refractivity contribution in [2.75, 3.05) is 20.3 Å². The van der Waals surface area contributed by atoms with E-state index in [1.54, 1.807) is 0 Å². The van der Waals surface area contributed by atoms with E-state index in [-0.39, 0.29) is 12.7 Å². The number of nitrogens with zero attached hydrogens (tertiary/aromatic N) is 1. The van der Waals surface area contributed by atoms with Crippen molar-refractivity contribution >= 4 is 14.4 Å². The number of ether oxygens (including phenoxy) is 1. The maximum atomic E-state index is 11.8. The van der Waals surface area contributed by atoms with Crippen LogP contribution in [0.4, 0.5) is 4.79 Å². The van der Waals surface area contributed by atoms with Crippen LogP contribution in [-0.2, 0) is 9.16 Å². The Kier molecular flexibility index (Phi) is 7.29. The monoisotopic (exact) mass is 343 g/mol. The Morgan fingerprint density at radius 3 is 2.17 bits per heavy atom. The van der Waals surface area contributed by atoms with Crippen molar-refractivity contribution in [1.82, 2.24) is 4.90 Å². The summed E-state index contributed by atoms with van der Waals surface area (Å²) in [6.45, 7) is 13.9. The molecule has 1 atom stereocenters.